The molecule has 0 radical (unpaired) electrons. The quantitative estimate of drug-likeness (QED) is 0.325. The minimum absolute atomic E-state index is 0. The van der Waals surface area contributed by atoms with Crippen LogP contribution in [0.2, 0.25) is 0 Å². The fourth-order valence-corrected chi connectivity index (χ4v) is 4.65. The van der Waals surface area contributed by atoms with Crippen molar-refractivity contribution < 1.29 is 37.6 Å². The first-order chi connectivity index (χ1) is 8.24. The predicted octanol–water partition coefficient (Wildman–Crippen LogP) is 3.66. The summed E-state index contributed by atoms with van der Waals surface area (Å²) in [5.41, 5.74) is -4.55. The van der Waals surface area contributed by atoms with E-state index in [9.17, 15) is 0 Å². The Morgan fingerprint density at radius 3 is 0.947 bits per heavy atom. The normalized spacial score (nSPS) is 11.3. The molecule has 0 heterocycles. The van der Waals surface area contributed by atoms with Gasteiger partial charge in [-0.3, -0.25) is 0 Å². The van der Waals surface area contributed by atoms with Crippen LogP contribution in [0.25, 0.3) is 0 Å². The molecule has 0 aliphatic carbocycles. The smallest absolute Gasteiger partial charge is 0.691 e. The molecule has 4 nitrogen and oxygen atoms in total. The molecule has 0 aromatic carbocycles. The van der Waals surface area contributed by atoms with Gasteiger partial charge in [0.2, 0.25) is 0 Å². The summed E-state index contributed by atoms with van der Waals surface area (Å²) in [5, 5.41) is 0. The first kappa shape index (κ1) is 26.4. The first-order valence-electron chi connectivity index (χ1n) is 5.44. The molecule has 19 heavy (non-hydrogen) atoms. The van der Waals surface area contributed by atoms with E-state index in [1.807, 2.05) is 27.7 Å². The van der Waals surface area contributed by atoms with Crippen LogP contribution in [-0.2, 0) is 85.7 Å². The molecule has 0 amide bonds. The molecule has 0 saturated heterocycles. The maximum atomic E-state index is 4.99. The predicted molar refractivity (Wildman–Crippen MR) is 89.8 cm³/mol. The molecule has 0 spiro atoms. The van der Waals surface area contributed by atoms with Gasteiger partial charge in [-0.1, -0.05) is 23.6 Å². The Bertz CT molecular complexity index is 248. The average Bonchev–Trinajstić information content (AvgIpc) is 2.17. The van der Waals surface area contributed by atoms with E-state index in [0.717, 1.165) is 0 Å². The van der Waals surface area contributed by atoms with Crippen molar-refractivity contribution in [2.75, 3.05) is 26.4 Å². The van der Waals surface area contributed by atoms with Crippen molar-refractivity contribution in [1.29, 1.82) is 0 Å². The number of hydrogen-bond acceptors (Lipinski definition) is 8. The summed E-state index contributed by atoms with van der Waals surface area (Å²) in [6, 6.07) is 0. The monoisotopic (exact) mass is 434 g/mol. The second-order valence-electron chi connectivity index (χ2n) is 2.57. The van der Waals surface area contributed by atoms with E-state index in [-0.39, 0.29) is 19.5 Å². The molecule has 0 fully saturated rings. The summed E-state index contributed by atoms with van der Waals surface area (Å²) in [6.07, 6.45) is 0. The molecule has 0 saturated carbocycles. The van der Waals surface area contributed by atoms with Gasteiger partial charge < -0.3 is 42.6 Å². The third-order valence-corrected chi connectivity index (χ3v) is 5.98. The second kappa shape index (κ2) is 15.4. The summed E-state index contributed by atoms with van der Waals surface area (Å²) in [6.45, 7) is 9.58. The van der Waals surface area contributed by atoms with Crippen molar-refractivity contribution in [3.8, 4) is 0 Å². The fourth-order valence-electron chi connectivity index (χ4n) is 0.707. The van der Waals surface area contributed by atoms with Crippen molar-refractivity contribution in [3.63, 3.8) is 0 Å². The molecule has 0 bridgehead atoms. The number of rotatable bonds is 8. The minimum Gasteiger partial charge on any atom is -0.691 e. The third kappa shape index (κ3) is 20.5. The van der Waals surface area contributed by atoms with E-state index < -0.39 is 11.4 Å². The molecule has 0 unspecified atom stereocenters. The Labute approximate surface area is 150 Å². The maximum absolute atomic E-state index is 4.99. The average molecular weight is 436 g/mol. The summed E-state index contributed by atoms with van der Waals surface area (Å²) in [7, 11) is 0. The molecule has 0 aromatic rings. The van der Waals surface area contributed by atoms with Gasteiger partial charge in [0.05, 0.1) is 11.4 Å². The molecule has 11 heteroatoms. The van der Waals surface area contributed by atoms with Gasteiger partial charge in [-0.2, -0.15) is 0 Å². The number of hydrogen-bond donors (Lipinski definition) is 0. The Hall–Kier alpha value is 2.46. The van der Waals surface area contributed by atoms with Crippen LogP contribution in [-0.4, -0.2) is 26.4 Å². The SMILES string of the molecule is CCOP(=S)([S-])OCC.CCOP(=S)([S-])OCC.[Zn+2]. The van der Waals surface area contributed by atoms with Crippen LogP contribution >= 0.6 is 11.4 Å². The van der Waals surface area contributed by atoms with Crippen LogP contribution in [0.15, 0.2) is 0 Å². The molecule has 0 rings (SSSR count). The summed E-state index contributed by atoms with van der Waals surface area (Å²) in [4.78, 5) is 0. The van der Waals surface area contributed by atoms with Crippen molar-refractivity contribution in [1.82, 2.24) is 0 Å². The van der Waals surface area contributed by atoms with E-state index in [0.29, 0.717) is 26.4 Å². The van der Waals surface area contributed by atoms with E-state index in [2.05, 4.69) is 0 Å². The van der Waals surface area contributed by atoms with Gasteiger partial charge in [0.25, 0.3) is 0 Å². The topological polar surface area (TPSA) is 36.9 Å². The van der Waals surface area contributed by atoms with Gasteiger partial charge in [-0.15, -0.1) is 0 Å². The van der Waals surface area contributed by atoms with Crippen LogP contribution in [0.3, 0.4) is 0 Å². The summed E-state index contributed by atoms with van der Waals surface area (Å²) < 4.78 is 20.0. The summed E-state index contributed by atoms with van der Waals surface area (Å²) in [5.74, 6) is 0. The molecular weight excluding hydrogens is 416 g/mol. The first-order valence-corrected chi connectivity index (χ1v) is 12.7. The Balaban J connectivity index is -0.000000256. The van der Waals surface area contributed by atoms with Gasteiger partial charge in [0.1, 0.15) is 0 Å². The largest absolute Gasteiger partial charge is 2.00 e. The van der Waals surface area contributed by atoms with Crippen LogP contribution in [0.5, 0.6) is 0 Å². The second-order valence-corrected chi connectivity index (χ2v) is 12.5. The summed E-state index contributed by atoms with van der Waals surface area (Å²) >= 11 is 19.3. The van der Waals surface area contributed by atoms with Crippen molar-refractivity contribution in [2.24, 2.45) is 0 Å². The van der Waals surface area contributed by atoms with Crippen molar-refractivity contribution >= 4 is 59.5 Å². The molecule has 112 valence electrons. The molecule has 0 atom stereocenters. The molecule has 0 aliphatic heterocycles. The minimum atomic E-state index is -2.28. The Morgan fingerprint density at radius 2 is 0.842 bits per heavy atom. The van der Waals surface area contributed by atoms with Gasteiger partial charge in [-0.25, -0.2) is 0 Å². The van der Waals surface area contributed by atoms with E-state index >= 15 is 0 Å². The van der Waals surface area contributed by atoms with Crippen molar-refractivity contribution in [2.45, 2.75) is 27.7 Å². The van der Waals surface area contributed by atoms with Crippen LogP contribution < -0.4 is 0 Å². The third-order valence-electron chi connectivity index (χ3n) is 1.15. The van der Waals surface area contributed by atoms with E-state index in [1.165, 1.54) is 0 Å². The van der Waals surface area contributed by atoms with Gasteiger partial charge in [0, 0.05) is 26.4 Å². The molecule has 0 aliphatic rings. The maximum Gasteiger partial charge on any atom is 2.00 e. The zero-order valence-electron chi connectivity index (χ0n) is 11.7. The molecule has 0 N–H and O–H groups in total. The van der Waals surface area contributed by atoms with E-state index in [1.54, 1.807) is 0 Å². The van der Waals surface area contributed by atoms with Gasteiger partial charge >= 0.3 is 19.5 Å². The molecular formula is C8H20O4P2S4Zn. The van der Waals surface area contributed by atoms with Gasteiger partial charge in [-0.05, 0) is 27.7 Å². The fraction of sp³-hybridized carbons (Fsp3) is 1.00. The Morgan fingerprint density at radius 1 is 0.684 bits per heavy atom. The van der Waals surface area contributed by atoms with Crippen LogP contribution in [0, 0.1) is 0 Å². The van der Waals surface area contributed by atoms with Crippen LogP contribution in [0.4, 0.5) is 0 Å². The van der Waals surface area contributed by atoms with Crippen molar-refractivity contribution in [3.05, 3.63) is 0 Å². The standard InChI is InChI=1S/2C4H11O2PS2.Zn/c2*1-3-5-7(8,9)6-4-2;/h2*3-4H2,1-2H3,(H,8,9);/q;;+2/p-2. The molecule has 0 aromatic heterocycles. The van der Waals surface area contributed by atoms with Crippen LogP contribution in [0.1, 0.15) is 27.7 Å². The van der Waals surface area contributed by atoms with Gasteiger partial charge in [0.15, 0.2) is 0 Å². The Kier molecular flexibility index (Phi) is 21.3. The van der Waals surface area contributed by atoms with E-state index in [4.69, 9.17) is 66.2 Å². The zero-order chi connectivity index (χ0) is 14.7. The zero-order valence-corrected chi connectivity index (χ0v) is 19.7.